The van der Waals surface area contributed by atoms with Crippen LogP contribution >= 0.6 is 0 Å². The van der Waals surface area contributed by atoms with Crippen LogP contribution in [0.15, 0.2) is 176 Å². The smallest absolute Gasteiger partial charge is 0.0540 e. The van der Waals surface area contributed by atoms with E-state index in [0.29, 0.717) is 0 Å². The molecule has 0 N–H and O–H groups in total. The van der Waals surface area contributed by atoms with E-state index in [1.54, 1.807) is 0 Å². The van der Waals surface area contributed by atoms with Gasteiger partial charge < -0.3 is 4.90 Å². The minimum Gasteiger partial charge on any atom is -0.310 e. The summed E-state index contributed by atoms with van der Waals surface area (Å²) in [4.78, 5) is 2.45. The molecule has 0 radical (unpaired) electrons. The Balaban J connectivity index is 1.03. The van der Waals surface area contributed by atoms with Gasteiger partial charge in [-0.2, -0.15) is 0 Å². The minimum absolute atomic E-state index is 0.0912. The summed E-state index contributed by atoms with van der Waals surface area (Å²) >= 11 is 0. The Morgan fingerprint density at radius 1 is 0.293 bits per heavy atom. The average Bonchev–Trinajstić information content (AvgIpc) is 3.73. The molecule has 0 unspecified atom stereocenters. The maximum atomic E-state index is 2.53. The summed E-state index contributed by atoms with van der Waals surface area (Å²) in [7, 11) is 0. The van der Waals surface area contributed by atoms with Crippen molar-refractivity contribution in [1.29, 1.82) is 0 Å². The first-order valence-electron chi connectivity index (χ1n) is 20.8. The van der Waals surface area contributed by atoms with Crippen molar-refractivity contribution < 1.29 is 0 Å². The van der Waals surface area contributed by atoms with Gasteiger partial charge in [0.25, 0.3) is 0 Å². The first-order chi connectivity index (χ1) is 28.0. The third-order valence-corrected chi connectivity index (χ3v) is 13.8. The summed E-state index contributed by atoms with van der Waals surface area (Å²) in [6.45, 7) is 14.4. The predicted octanol–water partition coefficient (Wildman–Crippen LogP) is 15.4. The van der Waals surface area contributed by atoms with E-state index in [-0.39, 0.29) is 16.2 Å². The third kappa shape index (κ3) is 4.83. The monoisotopic (exact) mass is 745 g/mol. The largest absolute Gasteiger partial charge is 0.310 e. The molecule has 0 spiro atoms. The summed E-state index contributed by atoms with van der Waals surface area (Å²) in [5.41, 5.74) is 24.7. The molecule has 0 fully saturated rings. The fraction of sp³-hybridized carbons (Fsp3) is 0.158. The van der Waals surface area contributed by atoms with Crippen LogP contribution in [-0.2, 0) is 16.2 Å². The molecule has 0 atom stereocenters. The Hall–Kier alpha value is -6.44. The average molecular weight is 746 g/mol. The van der Waals surface area contributed by atoms with Crippen molar-refractivity contribution in [2.75, 3.05) is 4.90 Å². The summed E-state index contributed by atoms with van der Waals surface area (Å²) in [6.07, 6.45) is 0. The quantitative estimate of drug-likeness (QED) is 0.170. The van der Waals surface area contributed by atoms with Gasteiger partial charge in [0.1, 0.15) is 0 Å². The molecule has 3 aliphatic rings. The molecule has 0 heterocycles. The Morgan fingerprint density at radius 3 is 1.59 bits per heavy atom. The zero-order chi connectivity index (χ0) is 39.6. The second kappa shape index (κ2) is 12.3. The summed E-state index contributed by atoms with van der Waals surface area (Å²) in [6, 6.07) is 65.9. The molecular formula is C57H47N. The lowest BCUT2D eigenvalue weighted by Gasteiger charge is -2.30. The van der Waals surface area contributed by atoms with E-state index in [9.17, 15) is 0 Å². The van der Waals surface area contributed by atoms with Crippen molar-refractivity contribution in [2.24, 2.45) is 0 Å². The first-order valence-corrected chi connectivity index (χ1v) is 20.8. The van der Waals surface area contributed by atoms with Crippen LogP contribution < -0.4 is 4.90 Å². The molecule has 8 aromatic carbocycles. The number of benzene rings is 8. The normalized spacial score (nSPS) is 15.5. The maximum absolute atomic E-state index is 2.53. The molecule has 1 nitrogen and oxygen atoms in total. The van der Waals surface area contributed by atoms with Crippen LogP contribution in [0.25, 0.3) is 55.6 Å². The highest BCUT2D eigenvalue weighted by Gasteiger charge is 2.43. The van der Waals surface area contributed by atoms with E-state index in [0.717, 1.165) is 5.69 Å². The molecule has 11 rings (SSSR count). The number of para-hydroxylation sites is 2. The molecule has 0 aromatic heterocycles. The van der Waals surface area contributed by atoms with E-state index in [1.807, 2.05) is 0 Å². The van der Waals surface area contributed by atoms with E-state index in [4.69, 9.17) is 0 Å². The van der Waals surface area contributed by atoms with Gasteiger partial charge in [0.2, 0.25) is 0 Å². The Kier molecular flexibility index (Phi) is 7.36. The molecule has 0 saturated carbocycles. The lowest BCUT2D eigenvalue weighted by atomic mass is 9.77. The van der Waals surface area contributed by atoms with Gasteiger partial charge in [-0.3, -0.25) is 0 Å². The Bertz CT molecular complexity index is 2960. The summed E-state index contributed by atoms with van der Waals surface area (Å²) < 4.78 is 0. The van der Waals surface area contributed by atoms with Gasteiger partial charge in [0.15, 0.2) is 0 Å². The molecule has 1 heteroatoms. The molecular weight excluding hydrogens is 699 g/mol. The van der Waals surface area contributed by atoms with Crippen LogP contribution in [0.4, 0.5) is 17.1 Å². The maximum Gasteiger partial charge on any atom is 0.0540 e. The molecule has 3 aliphatic carbocycles. The van der Waals surface area contributed by atoms with Gasteiger partial charge in [-0.15, -0.1) is 0 Å². The van der Waals surface area contributed by atoms with Crippen LogP contribution in [0.1, 0.15) is 74.9 Å². The van der Waals surface area contributed by atoms with Gasteiger partial charge in [-0.25, -0.2) is 0 Å². The third-order valence-electron chi connectivity index (χ3n) is 13.8. The number of hydrogen-bond donors (Lipinski definition) is 0. The van der Waals surface area contributed by atoms with Crippen LogP contribution in [0.5, 0.6) is 0 Å². The summed E-state index contributed by atoms with van der Waals surface area (Å²) in [5, 5.41) is 0. The van der Waals surface area contributed by atoms with Crippen LogP contribution in [0, 0.1) is 0 Å². The van der Waals surface area contributed by atoms with Crippen LogP contribution in [0.3, 0.4) is 0 Å². The standard InChI is InChI=1S/C57H47N/c1-55(2)48-26-15-13-23-42(48)43-31-29-39(33-50(43)55)58(38-20-11-8-12-21-38)53-27-16-14-22-40(53)37-28-30-44-46-34-52-47(35-51(46)56(3,4)49(44)32-37)45-25-17-24-41(54(45)57(52,5)6)36-18-9-7-10-19-36/h7-35H,1-6H3. The van der Waals surface area contributed by atoms with Gasteiger partial charge in [-0.1, -0.05) is 169 Å². The zero-order valence-electron chi connectivity index (χ0n) is 34.2. The van der Waals surface area contributed by atoms with E-state index >= 15 is 0 Å². The number of nitrogens with zero attached hydrogens (tertiary/aromatic N) is 1. The highest BCUT2D eigenvalue weighted by molar-refractivity contribution is 5.95. The minimum atomic E-state index is -0.172. The highest BCUT2D eigenvalue weighted by Crippen LogP contribution is 2.58. The van der Waals surface area contributed by atoms with Crippen molar-refractivity contribution in [3.63, 3.8) is 0 Å². The highest BCUT2D eigenvalue weighted by atomic mass is 15.1. The molecule has 0 amide bonds. The van der Waals surface area contributed by atoms with Gasteiger partial charge >= 0.3 is 0 Å². The van der Waals surface area contributed by atoms with Gasteiger partial charge in [-0.05, 0) is 132 Å². The fourth-order valence-corrected chi connectivity index (χ4v) is 10.9. The topological polar surface area (TPSA) is 3.24 Å². The lowest BCUT2D eigenvalue weighted by Crippen LogP contribution is -2.17. The van der Waals surface area contributed by atoms with Crippen molar-refractivity contribution >= 4 is 17.1 Å². The Morgan fingerprint density at radius 2 is 0.810 bits per heavy atom. The number of anilines is 3. The van der Waals surface area contributed by atoms with Gasteiger partial charge in [0.05, 0.1) is 5.69 Å². The van der Waals surface area contributed by atoms with Gasteiger partial charge in [0, 0.05) is 33.2 Å². The van der Waals surface area contributed by atoms with Crippen LogP contribution in [-0.4, -0.2) is 0 Å². The second-order valence-corrected chi connectivity index (χ2v) is 18.1. The zero-order valence-corrected chi connectivity index (χ0v) is 34.2. The van der Waals surface area contributed by atoms with E-state index in [2.05, 4.69) is 222 Å². The molecule has 0 saturated heterocycles. The molecule has 0 bridgehead atoms. The second-order valence-electron chi connectivity index (χ2n) is 18.1. The van der Waals surface area contributed by atoms with E-state index < -0.39 is 0 Å². The van der Waals surface area contributed by atoms with E-state index in [1.165, 1.54) is 100 Å². The number of rotatable bonds is 5. The SMILES string of the molecule is CC1(C)c2ccccc2-c2ccc(N(c3ccccc3)c3ccccc3-c3ccc4c(c3)C(C)(C)c3cc5c(cc3-4)C(C)(C)c3c(-c4ccccc4)cccc3-5)cc21. The molecule has 280 valence electrons. The Labute approximate surface area is 343 Å². The van der Waals surface area contributed by atoms with Crippen molar-refractivity contribution in [1.82, 2.24) is 0 Å². The summed E-state index contributed by atoms with van der Waals surface area (Å²) in [5.74, 6) is 0. The van der Waals surface area contributed by atoms with Crippen LogP contribution in [0.2, 0.25) is 0 Å². The predicted molar refractivity (Wildman–Crippen MR) is 245 cm³/mol. The number of hydrogen-bond acceptors (Lipinski definition) is 1. The van der Waals surface area contributed by atoms with Crippen molar-refractivity contribution in [3.05, 3.63) is 209 Å². The fourth-order valence-electron chi connectivity index (χ4n) is 10.9. The van der Waals surface area contributed by atoms with Crippen molar-refractivity contribution in [3.8, 4) is 55.6 Å². The first kappa shape index (κ1) is 34.8. The van der Waals surface area contributed by atoms with Crippen molar-refractivity contribution in [2.45, 2.75) is 57.8 Å². The molecule has 0 aliphatic heterocycles. The molecule has 8 aromatic rings. The number of fused-ring (bicyclic) bond motifs is 9. The molecule has 58 heavy (non-hydrogen) atoms. The lowest BCUT2D eigenvalue weighted by molar-refractivity contribution is 0.653.